The minimum Gasteiger partial charge on any atom is -0.330 e. The summed E-state index contributed by atoms with van der Waals surface area (Å²) in [6.45, 7) is 5.24. The number of hydrogen-bond acceptors (Lipinski definition) is 3. The van der Waals surface area contributed by atoms with Crippen molar-refractivity contribution in [3.63, 3.8) is 0 Å². The van der Waals surface area contributed by atoms with Gasteiger partial charge in [0.15, 0.2) is 0 Å². The lowest BCUT2D eigenvalue weighted by Gasteiger charge is -2.15. The number of rotatable bonds is 5. The van der Waals surface area contributed by atoms with Crippen molar-refractivity contribution in [1.29, 1.82) is 0 Å². The van der Waals surface area contributed by atoms with E-state index in [4.69, 9.17) is 10.7 Å². The highest BCUT2D eigenvalue weighted by Gasteiger charge is 2.13. The van der Waals surface area contributed by atoms with Crippen LogP contribution in [0.2, 0.25) is 0 Å². The Morgan fingerprint density at radius 1 is 1.39 bits per heavy atom. The van der Waals surface area contributed by atoms with Crippen LogP contribution in [0.1, 0.15) is 25.3 Å². The van der Waals surface area contributed by atoms with E-state index >= 15 is 0 Å². The minimum atomic E-state index is 0.550. The zero-order chi connectivity index (χ0) is 13.1. The van der Waals surface area contributed by atoms with E-state index in [0.29, 0.717) is 11.8 Å². The van der Waals surface area contributed by atoms with Crippen molar-refractivity contribution in [2.24, 2.45) is 17.6 Å². The van der Waals surface area contributed by atoms with E-state index < -0.39 is 0 Å². The van der Waals surface area contributed by atoms with Crippen LogP contribution < -0.4 is 5.73 Å². The molecule has 18 heavy (non-hydrogen) atoms. The van der Waals surface area contributed by atoms with Crippen LogP contribution in [0.3, 0.4) is 0 Å². The Hall–Kier alpha value is -0.450. The van der Waals surface area contributed by atoms with Crippen LogP contribution in [0.4, 0.5) is 0 Å². The number of nitrogens with two attached hydrogens (primary N) is 1. The third-order valence-corrected chi connectivity index (χ3v) is 4.55. The first kappa shape index (κ1) is 14.0. The van der Waals surface area contributed by atoms with Gasteiger partial charge in [0.2, 0.25) is 0 Å². The monoisotopic (exact) mass is 326 g/mol. The predicted octanol–water partition coefficient (Wildman–Crippen LogP) is 4.22. The van der Waals surface area contributed by atoms with Gasteiger partial charge in [0.25, 0.3) is 0 Å². The van der Waals surface area contributed by atoms with E-state index in [2.05, 4.69) is 48.0 Å². The van der Waals surface area contributed by atoms with E-state index in [-0.39, 0.29) is 0 Å². The molecule has 1 atom stereocenters. The summed E-state index contributed by atoms with van der Waals surface area (Å²) in [5.74, 6) is 1.25. The second-order valence-electron chi connectivity index (χ2n) is 5.16. The summed E-state index contributed by atoms with van der Waals surface area (Å²) in [5.41, 5.74) is 6.94. The summed E-state index contributed by atoms with van der Waals surface area (Å²) < 4.78 is 2.35. The Morgan fingerprint density at radius 2 is 2.17 bits per heavy atom. The highest BCUT2D eigenvalue weighted by molar-refractivity contribution is 9.10. The predicted molar refractivity (Wildman–Crippen MR) is 83.0 cm³/mol. The van der Waals surface area contributed by atoms with Gasteiger partial charge in [0.1, 0.15) is 0 Å². The van der Waals surface area contributed by atoms with Crippen LogP contribution in [0, 0.1) is 11.8 Å². The van der Waals surface area contributed by atoms with Gasteiger partial charge in [-0.05, 0) is 43.0 Å². The molecule has 1 heterocycles. The SMILES string of the molecule is CC(C)CC(CN)Cc1nc2cc(Br)ccc2s1. The normalized spacial score (nSPS) is 13.4. The van der Waals surface area contributed by atoms with Crippen LogP contribution in [0.25, 0.3) is 10.2 Å². The molecule has 0 aliphatic heterocycles. The number of thiazole rings is 1. The lowest BCUT2D eigenvalue weighted by atomic mass is 9.94. The molecule has 2 aromatic rings. The number of halogens is 1. The quantitative estimate of drug-likeness (QED) is 0.893. The number of fused-ring (bicyclic) bond motifs is 1. The van der Waals surface area contributed by atoms with Gasteiger partial charge in [-0.15, -0.1) is 11.3 Å². The topological polar surface area (TPSA) is 38.9 Å². The average molecular weight is 327 g/mol. The molecule has 1 unspecified atom stereocenters. The largest absolute Gasteiger partial charge is 0.330 e. The fourth-order valence-electron chi connectivity index (χ4n) is 2.21. The Balaban J connectivity index is 2.15. The van der Waals surface area contributed by atoms with Gasteiger partial charge in [-0.1, -0.05) is 29.8 Å². The summed E-state index contributed by atoms with van der Waals surface area (Å²) >= 11 is 5.27. The molecule has 0 bridgehead atoms. The number of benzene rings is 1. The highest BCUT2D eigenvalue weighted by atomic mass is 79.9. The molecule has 4 heteroatoms. The van der Waals surface area contributed by atoms with Gasteiger partial charge in [-0.2, -0.15) is 0 Å². The molecule has 1 aromatic heterocycles. The molecule has 0 amide bonds. The lowest BCUT2D eigenvalue weighted by molar-refractivity contribution is 0.415. The molecule has 0 saturated carbocycles. The molecular formula is C14H19BrN2S. The average Bonchev–Trinajstić information content (AvgIpc) is 2.68. The third kappa shape index (κ3) is 3.53. The number of hydrogen-bond donors (Lipinski definition) is 1. The molecule has 98 valence electrons. The van der Waals surface area contributed by atoms with Gasteiger partial charge < -0.3 is 5.73 Å². The van der Waals surface area contributed by atoms with Crippen molar-refractivity contribution in [2.45, 2.75) is 26.7 Å². The van der Waals surface area contributed by atoms with Crippen LogP contribution >= 0.6 is 27.3 Å². The highest BCUT2D eigenvalue weighted by Crippen LogP contribution is 2.27. The summed E-state index contributed by atoms with van der Waals surface area (Å²) in [5, 5.41) is 1.21. The molecule has 0 aliphatic rings. The number of nitrogens with zero attached hydrogens (tertiary/aromatic N) is 1. The Labute approximate surface area is 121 Å². The van der Waals surface area contributed by atoms with Gasteiger partial charge in [-0.25, -0.2) is 4.98 Å². The maximum absolute atomic E-state index is 5.86. The van der Waals surface area contributed by atoms with E-state index in [1.807, 2.05) is 0 Å². The van der Waals surface area contributed by atoms with E-state index in [1.54, 1.807) is 11.3 Å². The lowest BCUT2D eigenvalue weighted by Crippen LogP contribution is -2.18. The molecule has 0 fully saturated rings. The summed E-state index contributed by atoms with van der Waals surface area (Å²) in [4.78, 5) is 4.70. The van der Waals surface area contributed by atoms with Crippen molar-refractivity contribution in [3.05, 3.63) is 27.7 Å². The van der Waals surface area contributed by atoms with Crippen molar-refractivity contribution < 1.29 is 0 Å². The molecule has 2 nitrogen and oxygen atoms in total. The molecule has 0 radical (unpaired) electrons. The fraction of sp³-hybridized carbons (Fsp3) is 0.500. The molecular weight excluding hydrogens is 308 g/mol. The van der Waals surface area contributed by atoms with Crippen LogP contribution in [0.15, 0.2) is 22.7 Å². The first-order valence-electron chi connectivity index (χ1n) is 6.33. The standard InChI is InChI=1S/C14H19BrN2S/c1-9(2)5-10(8-16)6-14-17-12-7-11(15)3-4-13(12)18-14/h3-4,7,9-10H,5-6,8,16H2,1-2H3. The van der Waals surface area contributed by atoms with Crippen molar-refractivity contribution in [3.8, 4) is 0 Å². The molecule has 0 saturated heterocycles. The summed E-state index contributed by atoms with van der Waals surface area (Å²) in [6.07, 6.45) is 2.18. The van der Waals surface area contributed by atoms with Crippen molar-refractivity contribution >= 4 is 37.5 Å². The summed E-state index contributed by atoms with van der Waals surface area (Å²) in [6, 6.07) is 6.27. The Kier molecular flexibility index (Phi) is 4.76. The minimum absolute atomic E-state index is 0.550. The third-order valence-electron chi connectivity index (χ3n) is 3.00. The summed E-state index contributed by atoms with van der Waals surface area (Å²) in [7, 11) is 0. The van der Waals surface area contributed by atoms with Crippen molar-refractivity contribution in [1.82, 2.24) is 4.98 Å². The van der Waals surface area contributed by atoms with E-state index in [0.717, 1.165) is 23.0 Å². The smallest absolute Gasteiger partial charge is 0.0941 e. The van der Waals surface area contributed by atoms with Gasteiger partial charge in [0.05, 0.1) is 15.2 Å². The first-order valence-corrected chi connectivity index (χ1v) is 7.94. The molecule has 0 spiro atoms. The second-order valence-corrected chi connectivity index (χ2v) is 7.19. The zero-order valence-corrected chi connectivity index (χ0v) is 13.2. The van der Waals surface area contributed by atoms with Gasteiger partial charge in [0, 0.05) is 10.9 Å². The van der Waals surface area contributed by atoms with Gasteiger partial charge >= 0.3 is 0 Å². The molecule has 0 aliphatic carbocycles. The van der Waals surface area contributed by atoms with E-state index in [9.17, 15) is 0 Å². The maximum atomic E-state index is 5.86. The van der Waals surface area contributed by atoms with Crippen LogP contribution in [-0.4, -0.2) is 11.5 Å². The fourth-order valence-corrected chi connectivity index (χ4v) is 3.62. The van der Waals surface area contributed by atoms with Crippen molar-refractivity contribution in [2.75, 3.05) is 6.54 Å². The van der Waals surface area contributed by atoms with Crippen LogP contribution in [-0.2, 0) is 6.42 Å². The Bertz CT molecular complexity index is 521. The zero-order valence-electron chi connectivity index (χ0n) is 10.8. The Morgan fingerprint density at radius 3 is 2.83 bits per heavy atom. The molecule has 2 rings (SSSR count). The van der Waals surface area contributed by atoms with E-state index in [1.165, 1.54) is 16.1 Å². The second kappa shape index (κ2) is 6.13. The van der Waals surface area contributed by atoms with Gasteiger partial charge in [-0.3, -0.25) is 0 Å². The molecule has 1 aromatic carbocycles. The first-order chi connectivity index (χ1) is 8.58. The number of aromatic nitrogens is 1. The van der Waals surface area contributed by atoms with Crippen LogP contribution in [0.5, 0.6) is 0 Å². The molecule has 2 N–H and O–H groups in total. The maximum Gasteiger partial charge on any atom is 0.0941 e.